The highest BCUT2D eigenvalue weighted by Gasteiger charge is 2.28. The summed E-state index contributed by atoms with van der Waals surface area (Å²) in [7, 11) is 0. The highest BCUT2D eigenvalue weighted by Crippen LogP contribution is 2.24. The molecule has 0 spiro atoms. The van der Waals surface area contributed by atoms with Crippen molar-refractivity contribution >= 4 is 23.8 Å². The molecule has 0 aliphatic carbocycles. The number of urea groups is 1. The van der Waals surface area contributed by atoms with Gasteiger partial charge in [-0.2, -0.15) is 11.8 Å². The molecule has 2 aliphatic heterocycles. The van der Waals surface area contributed by atoms with Crippen LogP contribution in [0.5, 0.6) is 0 Å². The number of carboxylic acids is 1. The number of nitrogens with one attached hydrogen (secondary N) is 1. The van der Waals surface area contributed by atoms with Crippen molar-refractivity contribution in [2.24, 2.45) is 5.92 Å². The van der Waals surface area contributed by atoms with E-state index in [9.17, 15) is 9.59 Å². The van der Waals surface area contributed by atoms with Crippen molar-refractivity contribution in [2.75, 3.05) is 25.4 Å². The van der Waals surface area contributed by atoms with E-state index in [-0.39, 0.29) is 18.4 Å². The maximum Gasteiger partial charge on any atom is 0.317 e. The number of rotatable bonds is 4. The molecule has 2 N–H and O–H groups in total. The molecular weight excluding hydrogens is 264 g/mol. The van der Waals surface area contributed by atoms with Crippen LogP contribution in [0.4, 0.5) is 4.79 Å². The largest absolute Gasteiger partial charge is 0.481 e. The second-order valence-corrected chi connectivity index (χ2v) is 6.78. The molecule has 2 aliphatic rings. The van der Waals surface area contributed by atoms with Crippen molar-refractivity contribution < 1.29 is 14.7 Å². The predicted octanol–water partition coefficient (Wildman–Crippen LogP) is 1.78. The summed E-state index contributed by atoms with van der Waals surface area (Å²) in [6.45, 7) is 2.00. The SMILES string of the molecule is O=C(O)CC1CCN(C(=O)NCC2CCCCS2)C1. The fourth-order valence-electron chi connectivity index (χ4n) is 2.71. The van der Waals surface area contributed by atoms with Crippen molar-refractivity contribution in [3.8, 4) is 0 Å². The molecular formula is C13H22N2O3S. The van der Waals surface area contributed by atoms with Crippen LogP contribution in [0.2, 0.25) is 0 Å². The van der Waals surface area contributed by atoms with Gasteiger partial charge in [-0.3, -0.25) is 4.79 Å². The van der Waals surface area contributed by atoms with Crippen LogP contribution in [0.3, 0.4) is 0 Å². The van der Waals surface area contributed by atoms with Gasteiger partial charge in [0.25, 0.3) is 0 Å². The van der Waals surface area contributed by atoms with Crippen molar-refractivity contribution in [2.45, 2.75) is 37.4 Å². The molecule has 5 nitrogen and oxygen atoms in total. The second-order valence-electron chi connectivity index (χ2n) is 5.37. The summed E-state index contributed by atoms with van der Waals surface area (Å²) < 4.78 is 0. The minimum absolute atomic E-state index is 0.0286. The van der Waals surface area contributed by atoms with Gasteiger partial charge in [0, 0.05) is 31.3 Å². The highest BCUT2D eigenvalue weighted by atomic mass is 32.2. The third-order valence-corrected chi connectivity index (χ3v) is 5.19. The van der Waals surface area contributed by atoms with E-state index < -0.39 is 5.97 Å². The Hall–Kier alpha value is -0.910. The van der Waals surface area contributed by atoms with Gasteiger partial charge in [0.15, 0.2) is 0 Å². The lowest BCUT2D eigenvalue weighted by Gasteiger charge is -2.23. The molecule has 2 amide bonds. The first-order chi connectivity index (χ1) is 9.15. The lowest BCUT2D eigenvalue weighted by atomic mass is 10.1. The third-order valence-electron chi connectivity index (χ3n) is 3.79. The smallest absolute Gasteiger partial charge is 0.317 e. The molecule has 2 fully saturated rings. The normalized spacial score (nSPS) is 27.3. The van der Waals surface area contributed by atoms with E-state index in [1.165, 1.54) is 25.0 Å². The Morgan fingerprint density at radius 3 is 2.84 bits per heavy atom. The fourth-order valence-corrected chi connectivity index (χ4v) is 3.95. The fraction of sp³-hybridized carbons (Fsp3) is 0.846. The average Bonchev–Trinajstić information content (AvgIpc) is 2.85. The van der Waals surface area contributed by atoms with Crippen LogP contribution in [0.25, 0.3) is 0 Å². The Morgan fingerprint density at radius 2 is 2.16 bits per heavy atom. The van der Waals surface area contributed by atoms with Gasteiger partial charge in [-0.15, -0.1) is 0 Å². The third kappa shape index (κ3) is 4.60. The number of likely N-dealkylation sites (tertiary alicyclic amines) is 1. The molecule has 2 unspecified atom stereocenters. The summed E-state index contributed by atoms with van der Waals surface area (Å²) in [5, 5.41) is 12.3. The van der Waals surface area contributed by atoms with Gasteiger partial charge in [-0.25, -0.2) is 4.79 Å². The minimum Gasteiger partial charge on any atom is -0.481 e. The van der Waals surface area contributed by atoms with E-state index >= 15 is 0 Å². The number of carbonyl (C=O) groups excluding carboxylic acids is 1. The van der Waals surface area contributed by atoms with Gasteiger partial charge < -0.3 is 15.3 Å². The summed E-state index contributed by atoms with van der Waals surface area (Å²) in [6, 6.07) is -0.0286. The Balaban J connectivity index is 1.67. The van der Waals surface area contributed by atoms with Crippen LogP contribution in [0.15, 0.2) is 0 Å². The summed E-state index contributed by atoms with van der Waals surface area (Å²) in [6.07, 6.45) is 4.71. The number of thioether (sulfide) groups is 1. The Bertz CT molecular complexity index is 332. The van der Waals surface area contributed by atoms with E-state index in [1.807, 2.05) is 11.8 Å². The summed E-state index contributed by atoms with van der Waals surface area (Å²) in [5.41, 5.74) is 0. The van der Waals surface area contributed by atoms with Crippen LogP contribution in [-0.4, -0.2) is 52.6 Å². The summed E-state index contributed by atoms with van der Waals surface area (Å²) in [4.78, 5) is 24.4. The zero-order chi connectivity index (χ0) is 13.7. The topological polar surface area (TPSA) is 69.6 Å². The van der Waals surface area contributed by atoms with E-state index in [0.717, 1.165) is 13.0 Å². The van der Waals surface area contributed by atoms with Gasteiger partial charge in [-0.05, 0) is 30.9 Å². The molecule has 2 atom stereocenters. The van der Waals surface area contributed by atoms with E-state index in [2.05, 4.69) is 5.32 Å². The van der Waals surface area contributed by atoms with Crippen molar-refractivity contribution in [3.05, 3.63) is 0 Å². The quantitative estimate of drug-likeness (QED) is 0.826. The Morgan fingerprint density at radius 1 is 1.32 bits per heavy atom. The summed E-state index contributed by atoms with van der Waals surface area (Å²) >= 11 is 1.95. The molecule has 0 aromatic carbocycles. The number of hydrogen-bond acceptors (Lipinski definition) is 3. The maximum atomic E-state index is 12.0. The van der Waals surface area contributed by atoms with Crippen molar-refractivity contribution in [1.29, 1.82) is 0 Å². The molecule has 0 saturated carbocycles. The molecule has 108 valence electrons. The van der Waals surface area contributed by atoms with E-state index in [0.29, 0.717) is 18.3 Å². The standard InChI is InChI=1S/C13H22N2O3S/c16-12(17)7-10-4-5-15(9-10)13(18)14-8-11-3-1-2-6-19-11/h10-11H,1-9H2,(H,14,18)(H,16,17). The number of carboxylic acid groups (broad SMARTS) is 1. The molecule has 2 saturated heterocycles. The average molecular weight is 286 g/mol. The molecule has 0 aromatic heterocycles. The molecule has 2 heterocycles. The van der Waals surface area contributed by atoms with E-state index in [1.54, 1.807) is 4.90 Å². The van der Waals surface area contributed by atoms with Gasteiger partial charge >= 0.3 is 12.0 Å². The first kappa shape index (κ1) is 14.5. The van der Waals surface area contributed by atoms with Gasteiger partial charge in [0.05, 0.1) is 0 Å². The zero-order valence-electron chi connectivity index (χ0n) is 11.1. The number of aliphatic carboxylic acids is 1. The Labute approximate surface area is 118 Å². The molecule has 19 heavy (non-hydrogen) atoms. The van der Waals surface area contributed by atoms with Crippen molar-refractivity contribution in [1.82, 2.24) is 10.2 Å². The zero-order valence-corrected chi connectivity index (χ0v) is 12.0. The first-order valence-electron chi connectivity index (χ1n) is 7.01. The lowest BCUT2D eigenvalue weighted by molar-refractivity contribution is -0.138. The molecule has 0 radical (unpaired) electrons. The monoisotopic (exact) mass is 286 g/mol. The van der Waals surface area contributed by atoms with E-state index in [4.69, 9.17) is 5.11 Å². The first-order valence-corrected chi connectivity index (χ1v) is 8.06. The van der Waals surface area contributed by atoms with Crippen LogP contribution in [0.1, 0.15) is 32.1 Å². The Kier molecular flexibility index (Phi) is 5.36. The molecule has 0 bridgehead atoms. The maximum absolute atomic E-state index is 12.0. The molecule has 2 rings (SSSR count). The molecule has 6 heteroatoms. The van der Waals surface area contributed by atoms with Crippen molar-refractivity contribution in [3.63, 3.8) is 0 Å². The van der Waals surface area contributed by atoms with Crippen LogP contribution < -0.4 is 5.32 Å². The number of amides is 2. The minimum atomic E-state index is -0.772. The second kappa shape index (κ2) is 7.03. The van der Waals surface area contributed by atoms with Crippen LogP contribution in [-0.2, 0) is 4.79 Å². The number of carbonyl (C=O) groups is 2. The number of hydrogen-bond donors (Lipinski definition) is 2. The predicted molar refractivity (Wildman–Crippen MR) is 75.4 cm³/mol. The van der Waals surface area contributed by atoms with Crippen LogP contribution in [0, 0.1) is 5.92 Å². The van der Waals surface area contributed by atoms with Gasteiger partial charge in [0.1, 0.15) is 0 Å². The lowest BCUT2D eigenvalue weighted by Crippen LogP contribution is -2.41. The highest BCUT2D eigenvalue weighted by molar-refractivity contribution is 7.99. The number of nitrogens with zero attached hydrogens (tertiary/aromatic N) is 1. The van der Waals surface area contributed by atoms with Crippen LogP contribution >= 0.6 is 11.8 Å². The van der Waals surface area contributed by atoms with Gasteiger partial charge in [-0.1, -0.05) is 6.42 Å². The molecule has 0 aromatic rings. The summed E-state index contributed by atoms with van der Waals surface area (Å²) in [5.74, 6) is 0.545. The van der Waals surface area contributed by atoms with Gasteiger partial charge in [0.2, 0.25) is 0 Å².